The van der Waals surface area contributed by atoms with E-state index in [1.165, 1.54) is 10.4 Å². The Bertz CT molecular complexity index is 667. The van der Waals surface area contributed by atoms with E-state index >= 15 is 0 Å². The van der Waals surface area contributed by atoms with Crippen LogP contribution >= 0.6 is 0 Å². The summed E-state index contributed by atoms with van der Waals surface area (Å²) in [5.74, 6) is -0.795. The van der Waals surface area contributed by atoms with Crippen molar-refractivity contribution in [2.45, 2.75) is 38.7 Å². The highest BCUT2D eigenvalue weighted by Gasteiger charge is 2.32. The van der Waals surface area contributed by atoms with E-state index in [2.05, 4.69) is 6.58 Å². The number of carbonyl (C=O) groups excluding carboxylic acids is 1. The normalized spacial score (nSPS) is 25.3. The predicted octanol–water partition coefficient (Wildman–Crippen LogP) is 1.90. The molecule has 2 N–H and O–H groups in total. The average Bonchev–Trinajstić information content (AvgIpc) is 2.65. The maximum Gasteiger partial charge on any atom is 0.306 e. The number of piperidine rings is 1. The molecule has 2 heterocycles. The van der Waals surface area contributed by atoms with E-state index in [1.54, 1.807) is 24.0 Å². The Kier molecular flexibility index (Phi) is 7.61. The smallest absolute Gasteiger partial charge is 0.306 e. The van der Waals surface area contributed by atoms with Crippen molar-refractivity contribution in [3.63, 3.8) is 0 Å². The zero-order chi connectivity index (χ0) is 20.0. The lowest BCUT2D eigenvalue weighted by molar-refractivity contribution is -0.145. The minimum Gasteiger partial charge on any atom is -0.486 e. The number of carboxylic acid groups (broad SMARTS) is 1. The van der Waals surface area contributed by atoms with E-state index in [0.29, 0.717) is 43.8 Å². The first-order valence-corrected chi connectivity index (χ1v) is 9.98. The van der Waals surface area contributed by atoms with Crippen molar-refractivity contribution in [2.75, 3.05) is 19.6 Å². The number of likely N-dealkylation sites (tertiary alicyclic amines) is 1. The second-order valence-electron chi connectivity index (χ2n) is 6.50. The summed E-state index contributed by atoms with van der Waals surface area (Å²) in [6, 6.07) is 0. The van der Waals surface area contributed by atoms with Crippen LogP contribution in [-0.4, -0.2) is 60.7 Å². The molecule has 0 aromatic carbocycles. The standard InChI is InChI=1S/C18H26N2O6S/c1-3-5-16-15(4-2)20(27(24)25)12-14(26-16)6-7-17(21)19-10-8-13(9-11-19)18(22)23/h3-5,13-14H,1,6-12H2,2H3,(H,22,23)(H,24,25)/b15-4+,16-5+. The van der Waals surface area contributed by atoms with Crippen LogP contribution < -0.4 is 0 Å². The van der Waals surface area contributed by atoms with Crippen LogP contribution in [0, 0.1) is 5.92 Å². The minimum absolute atomic E-state index is 0.0507. The van der Waals surface area contributed by atoms with Gasteiger partial charge < -0.3 is 14.7 Å². The van der Waals surface area contributed by atoms with Gasteiger partial charge in [0.25, 0.3) is 11.3 Å². The summed E-state index contributed by atoms with van der Waals surface area (Å²) in [5.41, 5.74) is 0.508. The Balaban J connectivity index is 1.94. The van der Waals surface area contributed by atoms with E-state index in [-0.39, 0.29) is 24.8 Å². The van der Waals surface area contributed by atoms with Gasteiger partial charge in [0, 0.05) is 19.5 Å². The number of carboxylic acids is 1. The lowest BCUT2D eigenvalue weighted by Crippen LogP contribution is -2.42. The molecule has 0 aliphatic carbocycles. The van der Waals surface area contributed by atoms with E-state index in [0.717, 1.165) is 0 Å². The number of hydrogen-bond acceptors (Lipinski definition) is 4. The summed E-state index contributed by atoms with van der Waals surface area (Å²) in [7, 11) is 0. The van der Waals surface area contributed by atoms with Gasteiger partial charge in [-0.1, -0.05) is 18.7 Å². The molecule has 2 atom stereocenters. The van der Waals surface area contributed by atoms with Crippen LogP contribution in [-0.2, 0) is 25.6 Å². The summed E-state index contributed by atoms with van der Waals surface area (Å²) in [4.78, 5) is 25.1. The monoisotopic (exact) mass is 398 g/mol. The predicted molar refractivity (Wildman–Crippen MR) is 101 cm³/mol. The second-order valence-corrected chi connectivity index (χ2v) is 7.41. The zero-order valence-electron chi connectivity index (χ0n) is 15.4. The Morgan fingerprint density at radius 2 is 2.04 bits per heavy atom. The van der Waals surface area contributed by atoms with Gasteiger partial charge in [-0.15, -0.1) is 0 Å². The van der Waals surface area contributed by atoms with Crippen LogP contribution in [0.2, 0.25) is 0 Å². The molecule has 9 heteroatoms. The van der Waals surface area contributed by atoms with Crippen LogP contribution in [0.25, 0.3) is 0 Å². The molecule has 2 aliphatic heterocycles. The second kappa shape index (κ2) is 9.70. The van der Waals surface area contributed by atoms with Gasteiger partial charge >= 0.3 is 5.97 Å². The number of carbonyl (C=O) groups is 2. The topological polar surface area (TPSA) is 107 Å². The number of morpholine rings is 1. The Morgan fingerprint density at radius 1 is 1.37 bits per heavy atom. The number of amides is 1. The first-order chi connectivity index (χ1) is 12.9. The van der Waals surface area contributed by atoms with Crippen molar-refractivity contribution in [3.8, 4) is 0 Å². The fourth-order valence-electron chi connectivity index (χ4n) is 3.32. The maximum atomic E-state index is 12.4. The summed E-state index contributed by atoms with van der Waals surface area (Å²) < 4.78 is 28.4. The molecule has 0 aromatic rings. The molecule has 27 heavy (non-hydrogen) atoms. The third-order valence-electron chi connectivity index (χ3n) is 4.79. The van der Waals surface area contributed by atoms with Gasteiger partial charge in [0.05, 0.1) is 18.2 Å². The molecular formula is C18H26N2O6S. The number of rotatable bonds is 6. The van der Waals surface area contributed by atoms with E-state index < -0.39 is 23.3 Å². The van der Waals surface area contributed by atoms with E-state index in [4.69, 9.17) is 9.84 Å². The van der Waals surface area contributed by atoms with Gasteiger partial charge in [0.2, 0.25) is 5.91 Å². The minimum atomic E-state index is -2.20. The summed E-state index contributed by atoms with van der Waals surface area (Å²) in [6.07, 6.45) is 6.02. The van der Waals surface area contributed by atoms with Gasteiger partial charge in [-0.2, -0.15) is 0 Å². The molecular weight excluding hydrogens is 372 g/mol. The molecule has 150 valence electrons. The third-order valence-corrected chi connectivity index (χ3v) is 5.52. The molecule has 2 rings (SSSR count). The van der Waals surface area contributed by atoms with Crippen molar-refractivity contribution < 1.29 is 28.2 Å². The van der Waals surface area contributed by atoms with Crippen LogP contribution in [0.5, 0.6) is 0 Å². The van der Waals surface area contributed by atoms with Crippen LogP contribution in [0.15, 0.2) is 36.3 Å². The van der Waals surface area contributed by atoms with Gasteiger partial charge in [0.15, 0.2) is 0 Å². The van der Waals surface area contributed by atoms with Crippen molar-refractivity contribution in [3.05, 3.63) is 36.3 Å². The summed E-state index contributed by atoms with van der Waals surface area (Å²) in [6.45, 7) is 6.47. The molecule has 2 saturated heterocycles. The van der Waals surface area contributed by atoms with Gasteiger partial charge in [-0.25, -0.2) is 4.21 Å². The molecule has 2 aliphatic rings. The van der Waals surface area contributed by atoms with Crippen molar-refractivity contribution in [1.29, 1.82) is 0 Å². The van der Waals surface area contributed by atoms with Crippen molar-refractivity contribution in [2.24, 2.45) is 5.92 Å². The Labute approximate surface area is 161 Å². The average molecular weight is 398 g/mol. The summed E-state index contributed by atoms with van der Waals surface area (Å²) >= 11 is -2.20. The largest absolute Gasteiger partial charge is 0.486 e. The number of ether oxygens (including phenoxy) is 1. The molecule has 2 fully saturated rings. The number of aliphatic carboxylic acids is 1. The summed E-state index contributed by atoms with van der Waals surface area (Å²) in [5, 5.41) is 9.03. The lowest BCUT2D eigenvalue weighted by Gasteiger charge is -2.36. The molecule has 0 spiro atoms. The first kappa shape index (κ1) is 21.2. The highest BCUT2D eigenvalue weighted by atomic mass is 32.2. The highest BCUT2D eigenvalue weighted by molar-refractivity contribution is 7.76. The van der Waals surface area contributed by atoms with Crippen molar-refractivity contribution in [1.82, 2.24) is 9.21 Å². The molecule has 1 amide bonds. The van der Waals surface area contributed by atoms with Crippen LogP contribution in [0.4, 0.5) is 0 Å². The maximum absolute atomic E-state index is 12.4. The third kappa shape index (κ3) is 5.43. The molecule has 0 saturated carbocycles. The SMILES string of the molecule is C=C/C=C1/OC(CCC(=O)N2CCC(C(=O)O)CC2)CN(S(=O)O)/C1=C/C. The van der Waals surface area contributed by atoms with Gasteiger partial charge in [0.1, 0.15) is 11.9 Å². The fourth-order valence-corrected chi connectivity index (χ4v) is 3.98. The molecule has 0 aromatic heterocycles. The molecule has 2 unspecified atom stereocenters. The molecule has 0 radical (unpaired) electrons. The zero-order valence-corrected chi connectivity index (χ0v) is 16.2. The quantitative estimate of drug-likeness (QED) is 0.662. The van der Waals surface area contributed by atoms with E-state index in [9.17, 15) is 18.4 Å². The highest BCUT2D eigenvalue weighted by Crippen LogP contribution is 2.28. The molecule has 8 nitrogen and oxygen atoms in total. The van der Waals surface area contributed by atoms with Crippen molar-refractivity contribution >= 4 is 23.1 Å². The molecule has 0 bridgehead atoms. The number of allylic oxidation sites excluding steroid dienone is 3. The van der Waals surface area contributed by atoms with Gasteiger partial charge in [-0.05, 0) is 32.3 Å². The fraction of sp³-hybridized carbons (Fsp3) is 0.556. The Morgan fingerprint density at radius 3 is 2.56 bits per heavy atom. The lowest BCUT2D eigenvalue weighted by atomic mass is 9.97. The van der Waals surface area contributed by atoms with E-state index in [1.807, 2.05) is 0 Å². The Hall–Kier alpha value is -2.13. The number of hydrogen-bond donors (Lipinski definition) is 2. The first-order valence-electron chi connectivity index (χ1n) is 8.92. The van der Waals surface area contributed by atoms with Crippen LogP contribution in [0.3, 0.4) is 0 Å². The number of nitrogens with zero attached hydrogens (tertiary/aromatic N) is 2. The van der Waals surface area contributed by atoms with Gasteiger partial charge in [-0.3, -0.25) is 18.4 Å². The van der Waals surface area contributed by atoms with Crippen LogP contribution in [0.1, 0.15) is 32.6 Å².